The number of hydrogen-bond donors (Lipinski definition) is 1. The van der Waals surface area contributed by atoms with Crippen LogP contribution in [0.5, 0.6) is 0 Å². The predicted octanol–water partition coefficient (Wildman–Crippen LogP) is 4.03. The topological polar surface area (TPSA) is 42.0 Å². The third kappa shape index (κ3) is 3.08. The van der Waals surface area contributed by atoms with Gasteiger partial charge in [0, 0.05) is 12.4 Å². The lowest BCUT2D eigenvalue weighted by Crippen LogP contribution is -2.14. The van der Waals surface area contributed by atoms with Crippen molar-refractivity contribution in [2.24, 2.45) is 0 Å². The number of benzene rings is 1. The Hall–Kier alpha value is -1.53. The van der Waals surface area contributed by atoms with Crippen LogP contribution < -0.4 is 5.32 Å². The largest absolute Gasteiger partial charge is 0.321 e. The van der Waals surface area contributed by atoms with Crippen LogP contribution in [0.25, 0.3) is 0 Å². The van der Waals surface area contributed by atoms with Gasteiger partial charge in [0.05, 0.1) is 20.7 Å². The van der Waals surface area contributed by atoms with Crippen LogP contribution in [0.1, 0.15) is 10.4 Å². The second-order valence-corrected chi connectivity index (χ2v) is 4.82. The standard InChI is InChI=1S/C12H6BrClF2N2O/c13-7-5-17-2-1-11(7)18-12(19)6-3-10(16)8(14)4-9(6)15/h1-5H,(H,17,18,19). The van der Waals surface area contributed by atoms with Crippen molar-refractivity contribution in [2.45, 2.75) is 0 Å². The second-order valence-electron chi connectivity index (χ2n) is 3.56. The lowest BCUT2D eigenvalue weighted by molar-refractivity contribution is 0.102. The Bertz CT molecular complexity index is 652. The van der Waals surface area contributed by atoms with Crippen LogP contribution in [0.2, 0.25) is 5.02 Å². The zero-order valence-corrected chi connectivity index (χ0v) is 11.6. The van der Waals surface area contributed by atoms with Gasteiger partial charge in [-0.25, -0.2) is 8.78 Å². The first-order valence-corrected chi connectivity index (χ1v) is 6.21. The lowest BCUT2D eigenvalue weighted by Gasteiger charge is -2.08. The Morgan fingerprint density at radius 1 is 1.32 bits per heavy atom. The summed E-state index contributed by atoms with van der Waals surface area (Å²) in [6, 6.07) is 3.03. The Labute approximate surface area is 120 Å². The van der Waals surface area contributed by atoms with E-state index in [-0.39, 0.29) is 5.02 Å². The number of amides is 1. The number of aromatic nitrogens is 1. The number of nitrogens with one attached hydrogen (secondary N) is 1. The summed E-state index contributed by atoms with van der Waals surface area (Å²) in [6.07, 6.45) is 2.92. The Morgan fingerprint density at radius 3 is 2.74 bits per heavy atom. The van der Waals surface area contributed by atoms with Gasteiger partial charge in [-0.1, -0.05) is 11.6 Å². The van der Waals surface area contributed by atoms with Crippen LogP contribution in [0, 0.1) is 11.6 Å². The highest BCUT2D eigenvalue weighted by Crippen LogP contribution is 2.23. The fourth-order valence-electron chi connectivity index (χ4n) is 1.36. The molecule has 1 aromatic heterocycles. The molecule has 3 nitrogen and oxygen atoms in total. The molecule has 2 aromatic rings. The maximum Gasteiger partial charge on any atom is 0.258 e. The number of halogens is 4. The zero-order chi connectivity index (χ0) is 14.0. The average molecular weight is 348 g/mol. The van der Waals surface area contributed by atoms with E-state index in [1.807, 2.05) is 0 Å². The summed E-state index contributed by atoms with van der Waals surface area (Å²) >= 11 is 8.59. The molecule has 1 N–H and O–H groups in total. The molecule has 0 aliphatic rings. The van der Waals surface area contributed by atoms with Gasteiger partial charge in [0.2, 0.25) is 0 Å². The maximum absolute atomic E-state index is 13.5. The van der Waals surface area contributed by atoms with E-state index < -0.39 is 23.1 Å². The third-order valence-corrected chi connectivity index (χ3v) is 3.20. The van der Waals surface area contributed by atoms with Crippen molar-refractivity contribution < 1.29 is 13.6 Å². The fraction of sp³-hybridized carbons (Fsp3) is 0. The molecule has 0 saturated carbocycles. The molecule has 0 bridgehead atoms. The quantitative estimate of drug-likeness (QED) is 0.834. The summed E-state index contributed by atoms with van der Waals surface area (Å²) in [6.45, 7) is 0. The third-order valence-electron chi connectivity index (χ3n) is 2.28. The highest BCUT2D eigenvalue weighted by Gasteiger charge is 2.16. The Kier molecular flexibility index (Phi) is 4.11. The molecular formula is C12H6BrClF2N2O. The number of anilines is 1. The average Bonchev–Trinajstić information content (AvgIpc) is 2.36. The second kappa shape index (κ2) is 5.63. The van der Waals surface area contributed by atoms with E-state index in [9.17, 15) is 13.6 Å². The Balaban J connectivity index is 2.31. The SMILES string of the molecule is O=C(Nc1ccncc1Br)c1cc(F)c(Cl)cc1F. The van der Waals surface area contributed by atoms with Gasteiger partial charge in [-0.05, 0) is 34.1 Å². The molecule has 7 heteroatoms. The van der Waals surface area contributed by atoms with Crippen LogP contribution in [-0.4, -0.2) is 10.9 Å². The van der Waals surface area contributed by atoms with E-state index in [1.54, 1.807) is 0 Å². The molecule has 98 valence electrons. The minimum Gasteiger partial charge on any atom is -0.321 e. The summed E-state index contributed by atoms with van der Waals surface area (Å²) in [5, 5.41) is 2.06. The minimum atomic E-state index is -0.894. The number of carbonyl (C=O) groups excluding carboxylic acids is 1. The number of pyridine rings is 1. The van der Waals surface area contributed by atoms with Crippen molar-refractivity contribution in [2.75, 3.05) is 5.32 Å². The fourth-order valence-corrected chi connectivity index (χ4v) is 1.86. The van der Waals surface area contributed by atoms with E-state index in [1.165, 1.54) is 18.5 Å². The van der Waals surface area contributed by atoms with Crippen molar-refractivity contribution in [1.82, 2.24) is 4.98 Å². The van der Waals surface area contributed by atoms with Crippen LogP contribution >= 0.6 is 27.5 Å². The van der Waals surface area contributed by atoms with Crippen molar-refractivity contribution in [3.05, 3.63) is 57.3 Å². The molecule has 0 aliphatic heterocycles. The minimum absolute atomic E-state index is 0.376. The van der Waals surface area contributed by atoms with Gasteiger partial charge in [-0.15, -0.1) is 0 Å². The maximum atomic E-state index is 13.5. The van der Waals surface area contributed by atoms with Gasteiger partial charge in [0.25, 0.3) is 5.91 Å². The number of carbonyl (C=O) groups is 1. The van der Waals surface area contributed by atoms with E-state index in [2.05, 4.69) is 26.2 Å². The van der Waals surface area contributed by atoms with Crippen LogP contribution in [0.3, 0.4) is 0 Å². The molecule has 1 heterocycles. The van der Waals surface area contributed by atoms with Gasteiger partial charge < -0.3 is 5.32 Å². The molecule has 19 heavy (non-hydrogen) atoms. The van der Waals surface area contributed by atoms with Gasteiger partial charge >= 0.3 is 0 Å². The molecule has 2 rings (SSSR count). The number of hydrogen-bond acceptors (Lipinski definition) is 2. The molecule has 0 atom stereocenters. The van der Waals surface area contributed by atoms with Crippen LogP contribution in [0.4, 0.5) is 14.5 Å². The summed E-state index contributed by atoms with van der Waals surface area (Å²) in [5.41, 5.74) is -0.0274. The molecule has 0 aliphatic carbocycles. The van der Waals surface area contributed by atoms with E-state index in [0.717, 1.165) is 12.1 Å². The van der Waals surface area contributed by atoms with Crippen LogP contribution in [-0.2, 0) is 0 Å². The van der Waals surface area contributed by atoms with Gasteiger partial charge in [0.15, 0.2) is 0 Å². The van der Waals surface area contributed by atoms with E-state index >= 15 is 0 Å². The molecule has 0 radical (unpaired) electrons. The smallest absolute Gasteiger partial charge is 0.258 e. The predicted molar refractivity (Wildman–Crippen MR) is 71.3 cm³/mol. The molecule has 0 unspecified atom stereocenters. The first-order valence-electron chi connectivity index (χ1n) is 5.04. The molecule has 1 aromatic carbocycles. The lowest BCUT2D eigenvalue weighted by atomic mass is 10.2. The first kappa shape index (κ1) is 13.9. The molecule has 0 fully saturated rings. The van der Waals surface area contributed by atoms with E-state index in [0.29, 0.717) is 10.2 Å². The monoisotopic (exact) mass is 346 g/mol. The number of nitrogens with zero attached hydrogens (tertiary/aromatic N) is 1. The van der Waals surface area contributed by atoms with Gasteiger partial charge in [-0.2, -0.15) is 0 Å². The van der Waals surface area contributed by atoms with Crippen molar-refractivity contribution in [3.63, 3.8) is 0 Å². The Morgan fingerprint density at radius 2 is 2.05 bits per heavy atom. The summed E-state index contributed by atoms with van der Waals surface area (Å²) in [5.74, 6) is -2.53. The molecule has 1 amide bonds. The summed E-state index contributed by atoms with van der Waals surface area (Å²) in [4.78, 5) is 15.7. The first-order chi connectivity index (χ1) is 8.99. The molecule has 0 saturated heterocycles. The van der Waals surface area contributed by atoms with Crippen molar-refractivity contribution >= 4 is 39.1 Å². The summed E-state index contributed by atoms with van der Waals surface area (Å²) in [7, 11) is 0. The zero-order valence-electron chi connectivity index (χ0n) is 9.25. The van der Waals surface area contributed by atoms with Gasteiger partial charge in [-0.3, -0.25) is 9.78 Å². The van der Waals surface area contributed by atoms with E-state index in [4.69, 9.17) is 11.6 Å². The van der Waals surface area contributed by atoms with Crippen molar-refractivity contribution in [1.29, 1.82) is 0 Å². The van der Waals surface area contributed by atoms with Crippen molar-refractivity contribution in [3.8, 4) is 0 Å². The van der Waals surface area contributed by atoms with Gasteiger partial charge in [0.1, 0.15) is 11.6 Å². The number of rotatable bonds is 2. The van der Waals surface area contributed by atoms with Crippen LogP contribution in [0.15, 0.2) is 35.1 Å². The highest BCUT2D eigenvalue weighted by atomic mass is 79.9. The summed E-state index contributed by atoms with van der Waals surface area (Å²) < 4.78 is 27.3. The normalized spacial score (nSPS) is 10.3. The molecule has 0 spiro atoms. The molecular weight excluding hydrogens is 341 g/mol. The highest BCUT2D eigenvalue weighted by molar-refractivity contribution is 9.10.